The molecular formula is C23H18N4O7. The van der Waals surface area contributed by atoms with Crippen LogP contribution in [0, 0.1) is 43.9 Å². The number of carbonyl (C=O) groups excluding carboxylic acids is 3. The fourth-order valence-corrected chi connectivity index (χ4v) is 5.16. The zero-order chi connectivity index (χ0) is 24.1. The molecule has 0 aromatic heterocycles. The van der Waals surface area contributed by atoms with Gasteiger partial charge in [0, 0.05) is 29.8 Å². The summed E-state index contributed by atoms with van der Waals surface area (Å²) in [6, 6.07) is 10.4. The van der Waals surface area contributed by atoms with E-state index in [4.69, 9.17) is 0 Å². The summed E-state index contributed by atoms with van der Waals surface area (Å²) in [5, 5.41) is 24.0. The smallest absolute Gasteiger partial charge is 0.272 e. The minimum atomic E-state index is -0.760. The summed E-state index contributed by atoms with van der Waals surface area (Å²) in [5.41, 5.74) is -0.0665. The van der Waals surface area contributed by atoms with Crippen molar-refractivity contribution in [1.82, 2.24) is 10.0 Å². The van der Waals surface area contributed by atoms with Crippen LogP contribution in [0.4, 0.5) is 11.4 Å². The van der Waals surface area contributed by atoms with Gasteiger partial charge in [-0.05, 0) is 29.9 Å². The average molecular weight is 462 g/mol. The van der Waals surface area contributed by atoms with Gasteiger partial charge in [0.25, 0.3) is 29.1 Å². The van der Waals surface area contributed by atoms with Crippen molar-refractivity contribution in [2.24, 2.45) is 23.7 Å². The summed E-state index contributed by atoms with van der Waals surface area (Å²) in [7, 11) is 0. The van der Waals surface area contributed by atoms with E-state index in [0.29, 0.717) is 5.56 Å². The van der Waals surface area contributed by atoms with Crippen molar-refractivity contribution in [3.63, 3.8) is 0 Å². The van der Waals surface area contributed by atoms with Crippen molar-refractivity contribution >= 4 is 29.1 Å². The summed E-state index contributed by atoms with van der Waals surface area (Å²) >= 11 is 0. The van der Waals surface area contributed by atoms with Gasteiger partial charge in [-0.25, -0.2) is 5.01 Å². The molecule has 0 spiro atoms. The van der Waals surface area contributed by atoms with E-state index < -0.39 is 39.4 Å². The van der Waals surface area contributed by atoms with Gasteiger partial charge in [-0.1, -0.05) is 30.4 Å². The molecule has 5 rings (SSSR count). The van der Waals surface area contributed by atoms with E-state index in [0.717, 1.165) is 22.5 Å². The maximum absolute atomic E-state index is 13.5. The van der Waals surface area contributed by atoms with Crippen LogP contribution < -0.4 is 0 Å². The van der Waals surface area contributed by atoms with Crippen LogP contribution in [0.15, 0.2) is 60.7 Å². The molecule has 2 fully saturated rings. The van der Waals surface area contributed by atoms with Gasteiger partial charge in [0.2, 0.25) is 0 Å². The number of hydrazine groups is 1. The van der Waals surface area contributed by atoms with Crippen molar-refractivity contribution in [3.8, 4) is 0 Å². The Labute approximate surface area is 192 Å². The fourth-order valence-electron chi connectivity index (χ4n) is 5.16. The van der Waals surface area contributed by atoms with E-state index in [-0.39, 0.29) is 35.3 Å². The third kappa shape index (κ3) is 3.33. The first-order valence-corrected chi connectivity index (χ1v) is 10.6. The largest absolute Gasteiger partial charge is 0.273 e. The second kappa shape index (κ2) is 7.87. The molecule has 3 amide bonds. The third-order valence-electron chi connectivity index (χ3n) is 6.71. The minimum absolute atomic E-state index is 0.0603. The predicted molar refractivity (Wildman–Crippen MR) is 116 cm³/mol. The van der Waals surface area contributed by atoms with E-state index in [1.165, 1.54) is 42.5 Å². The van der Waals surface area contributed by atoms with Crippen LogP contribution in [-0.2, 0) is 16.1 Å². The topological polar surface area (TPSA) is 144 Å². The van der Waals surface area contributed by atoms with Gasteiger partial charge in [-0.15, -0.1) is 0 Å². The normalized spacial score (nSPS) is 24.4. The molecule has 34 heavy (non-hydrogen) atoms. The number of nitrogens with zero attached hydrogens (tertiary/aromatic N) is 4. The molecule has 172 valence electrons. The summed E-state index contributed by atoms with van der Waals surface area (Å²) in [4.78, 5) is 61.2. The average Bonchev–Trinajstić information content (AvgIpc) is 3.51. The standard InChI is InChI=1S/C23H18N4O7/c28-21(16-2-1-3-18(11-16)27(33)34)24(12-13-4-8-17(9-5-13)26(31)32)25-22(29)19-14-6-7-15(10-14)20(19)23(25)30/h1-9,11,14-15,19-20H,10,12H2/t14-,15-,19-,20+/m0/s1. The lowest BCUT2D eigenvalue weighted by atomic mass is 9.85. The molecule has 0 radical (unpaired) electrons. The summed E-state index contributed by atoms with van der Waals surface area (Å²) in [5.74, 6) is -2.93. The molecule has 11 heteroatoms. The van der Waals surface area contributed by atoms with Crippen LogP contribution in [0.1, 0.15) is 22.3 Å². The van der Waals surface area contributed by atoms with E-state index in [2.05, 4.69) is 0 Å². The number of rotatable bonds is 6. The highest BCUT2D eigenvalue weighted by molar-refractivity contribution is 6.08. The molecule has 1 heterocycles. The van der Waals surface area contributed by atoms with Gasteiger partial charge in [0.05, 0.1) is 28.2 Å². The number of hydrogen-bond acceptors (Lipinski definition) is 7. The second-order valence-corrected chi connectivity index (χ2v) is 8.58. The number of hydrogen-bond donors (Lipinski definition) is 0. The number of allylic oxidation sites excluding steroid dienone is 2. The van der Waals surface area contributed by atoms with Gasteiger partial charge in [0.15, 0.2) is 0 Å². The number of non-ortho nitro benzene ring substituents is 2. The van der Waals surface area contributed by atoms with Crippen molar-refractivity contribution in [2.75, 3.05) is 0 Å². The Balaban J connectivity index is 1.52. The number of nitro benzene ring substituents is 2. The quantitative estimate of drug-likeness (QED) is 0.278. The Morgan fingerprint density at radius 1 is 0.912 bits per heavy atom. The second-order valence-electron chi connectivity index (χ2n) is 8.58. The maximum atomic E-state index is 13.5. The summed E-state index contributed by atoms with van der Waals surface area (Å²) < 4.78 is 0. The monoisotopic (exact) mass is 462 g/mol. The summed E-state index contributed by atoms with van der Waals surface area (Å²) in [6.45, 7) is -0.223. The minimum Gasteiger partial charge on any atom is -0.272 e. The first-order chi connectivity index (χ1) is 16.3. The molecule has 2 aromatic rings. The number of imide groups is 1. The highest BCUT2D eigenvalue weighted by Gasteiger charge is 2.61. The highest BCUT2D eigenvalue weighted by Crippen LogP contribution is 2.52. The van der Waals surface area contributed by atoms with Gasteiger partial charge < -0.3 is 0 Å². The Bertz CT molecular complexity index is 1240. The van der Waals surface area contributed by atoms with Crippen molar-refractivity contribution < 1.29 is 24.2 Å². The maximum Gasteiger partial charge on any atom is 0.273 e. The first-order valence-electron chi connectivity index (χ1n) is 10.6. The molecule has 11 nitrogen and oxygen atoms in total. The Hall–Kier alpha value is -4.41. The van der Waals surface area contributed by atoms with Crippen molar-refractivity contribution in [1.29, 1.82) is 0 Å². The highest BCUT2D eigenvalue weighted by atomic mass is 16.6. The Morgan fingerprint density at radius 3 is 2.06 bits per heavy atom. The first kappa shape index (κ1) is 21.4. The third-order valence-corrected chi connectivity index (χ3v) is 6.71. The molecule has 2 aliphatic carbocycles. The fraction of sp³-hybridized carbons (Fsp3) is 0.261. The van der Waals surface area contributed by atoms with E-state index in [1.54, 1.807) is 0 Å². The van der Waals surface area contributed by atoms with Crippen LogP contribution in [0.3, 0.4) is 0 Å². The van der Waals surface area contributed by atoms with Crippen LogP contribution in [0.25, 0.3) is 0 Å². The van der Waals surface area contributed by atoms with Crippen LogP contribution in [0.2, 0.25) is 0 Å². The lowest BCUT2D eigenvalue weighted by Gasteiger charge is -2.31. The van der Waals surface area contributed by atoms with Crippen molar-refractivity contribution in [2.45, 2.75) is 13.0 Å². The van der Waals surface area contributed by atoms with Crippen LogP contribution in [0.5, 0.6) is 0 Å². The molecule has 0 unspecified atom stereocenters. The Morgan fingerprint density at radius 2 is 1.50 bits per heavy atom. The van der Waals surface area contributed by atoms with Gasteiger partial charge >= 0.3 is 0 Å². The van der Waals surface area contributed by atoms with Gasteiger partial charge in [0.1, 0.15) is 0 Å². The molecule has 1 aliphatic heterocycles. The lowest BCUT2D eigenvalue weighted by molar-refractivity contribution is -0.385. The molecule has 1 saturated carbocycles. The van der Waals surface area contributed by atoms with E-state index >= 15 is 0 Å². The molecule has 0 N–H and O–H groups in total. The number of benzene rings is 2. The SMILES string of the molecule is O=C(c1cccc([N+](=O)[O-])c1)N(Cc1ccc([N+](=O)[O-])cc1)N1C(=O)[C@@H]2[C@H](C1=O)[C@H]1C=C[C@H]2C1. The molecule has 4 atom stereocenters. The van der Waals surface area contributed by atoms with Crippen LogP contribution >= 0.6 is 0 Å². The summed E-state index contributed by atoms with van der Waals surface area (Å²) in [6.07, 6.45) is 4.59. The van der Waals surface area contributed by atoms with Gasteiger partial charge in [-0.2, -0.15) is 5.01 Å². The lowest BCUT2D eigenvalue weighted by Crippen LogP contribution is -2.50. The number of amides is 3. The number of fused-ring (bicyclic) bond motifs is 5. The number of carbonyl (C=O) groups is 3. The molecule has 2 bridgehead atoms. The number of nitro groups is 2. The predicted octanol–water partition coefficient (Wildman–Crippen LogP) is 2.87. The zero-order valence-corrected chi connectivity index (χ0v) is 17.6. The molecular weight excluding hydrogens is 444 g/mol. The molecule has 1 saturated heterocycles. The van der Waals surface area contributed by atoms with Crippen LogP contribution in [-0.4, -0.2) is 37.6 Å². The zero-order valence-electron chi connectivity index (χ0n) is 17.6. The van der Waals surface area contributed by atoms with Gasteiger partial charge in [-0.3, -0.25) is 34.6 Å². The van der Waals surface area contributed by atoms with Crippen molar-refractivity contribution in [3.05, 3.63) is 92.0 Å². The van der Waals surface area contributed by atoms with E-state index in [9.17, 15) is 34.6 Å². The molecule has 3 aliphatic rings. The Kier molecular flexibility index (Phi) is 4.96. The molecule has 2 aromatic carbocycles. The van der Waals surface area contributed by atoms with E-state index in [1.807, 2.05) is 12.2 Å².